The normalized spacial score (nSPS) is 13.2. The zero-order valence-corrected chi connectivity index (χ0v) is 10.0. The Bertz CT molecular complexity index is 433. The van der Waals surface area contributed by atoms with Crippen molar-refractivity contribution in [2.45, 2.75) is 26.4 Å². The molecule has 0 spiro atoms. The fourth-order valence-corrected chi connectivity index (χ4v) is 2.93. The van der Waals surface area contributed by atoms with Crippen LogP contribution in [0.1, 0.15) is 18.7 Å². The van der Waals surface area contributed by atoms with Crippen molar-refractivity contribution in [3.63, 3.8) is 0 Å². The Labute approximate surface area is 94.7 Å². The number of rotatable bonds is 4. The molecule has 1 atom stereocenters. The molecule has 0 amide bonds. The van der Waals surface area contributed by atoms with Crippen LogP contribution in [0.15, 0.2) is 29.6 Å². The molecule has 0 aliphatic heterocycles. The Hall–Kier alpha value is -0.860. The van der Waals surface area contributed by atoms with Gasteiger partial charge in [0.05, 0.1) is 6.10 Å². The Morgan fingerprint density at radius 3 is 2.93 bits per heavy atom. The number of hydrogen-bond donors (Lipinski definition) is 0. The molecule has 0 saturated heterocycles. The van der Waals surface area contributed by atoms with E-state index in [-0.39, 0.29) is 0 Å². The zero-order valence-electron chi connectivity index (χ0n) is 9.19. The summed E-state index contributed by atoms with van der Waals surface area (Å²) in [5.74, 6) is 0. The summed E-state index contributed by atoms with van der Waals surface area (Å²) in [5.41, 5.74) is 0. The van der Waals surface area contributed by atoms with Crippen molar-refractivity contribution < 1.29 is 4.74 Å². The third kappa shape index (κ3) is 2.39. The van der Waals surface area contributed by atoms with Gasteiger partial charge in [0.25, 0.3) is 0 Å². The number of ether oxygens (including phenoxy) is 1. The van der Waals surface area contributed by atoms with Crippen LogP contribution in [0.4, 0.5) is 0 Å². The van der Waals surface area contributed by atoms with Gasteiger partial charge < -0.3 is 4.74 Å². The first kappa shape index (κ1) is 10.7. The maximum atomic E-state index is 5.57. The summed E-state index contributed by atoms with van der Waals surface area (Å²) in [6.07, 6.45) is 1.34. The molecule has 1 heterocycles. The van der Waals surface area contributed by atoms with Gasteiger partial charge in [-0.1, -0.05) is 24.3 Å². The van der Waals surface area contributed by atoms with E-state index < -0.39 is 0 Å². The maximum absolute atomic E-state index is 5.57. The van der Waals surface area contributed by atoms with Crippen LogP contribution >= 0.6 is 11.3 Å². The van der Waals surface area contributed by atoms with Crippen LogP contribution in [-0.2, 0) is 11.2 Å². The van der Waals surface area contributed by atoms with Gasteiger partial charge in [-0.25, -0.2) is 0 Å². The van der Waals surface area contributed by atoms with Gasteiger partial charge in [0, 0.05) is 17.9 Å². The van der Waals surface area contributed by atoms with E-state index in [1.54, 1.807) is 0 Å². The molecule has 0 aliphatic rings. The predicted molar refractivity (Wildman–Crippen MR) is 66.6 cm³/mol. The van der Waals surface area contributed by atoms with E-state index in [0.29, 0.717) is 6.10 Å². The van der Waals surface area contributed by atoms with Crippen LogP contribution in [0, 0.1) is 0 Å². The van der Waals surface area contributed by atoms with Crippen molar-refractivity contribution in [3.8, 4) is 0 Å². The molecule has 15 heavy (non-hydrogen) atoms. The molecule has 0 saturated carbocycles. The second-order valence-electron chi connectivity index (χ2n) is 3.72. The quantitative estimate of drug-likeness (QED) is 0.760. The molecular formula is C13H16OS. The Morgan fingerprint density at radius 2 is 2.13 bits per heavy atom. The highest BCUT2D eigenvalue weighted by Gasteiger charge is 2.08. The van der Waals surface area contributed by atoms with Crippen molar-refractivity contribution in [2.24, 2.45) is 0 Å². The molecular weight excluding hydrogens is 204 g/mol. The summed E-state index contributed by atoms with van der Waals surface area (Å²) in [5, 5.41) is 4.96. The molecule has 0 fully saturated rings. The van der Waals surface area contributed by atoms with Gasteiger partial charge >= 0.3 is 0 Å². The Balaban J connectivity index is 2.21. The minimum atomic E-state index is 0.317. The standard InChI is InChI=1S/C13H16OS/c1-3-14-10(2)8-13-12-7-5-4-6-11(12)9-15-13/h4-7,9-10H,3,8H2,1-2H3. The average molecular weight is 220 g/mol. The van der Waals surface area contributed by atoms with Crippen LogP contribution in [0.5, 0.6) is 0 Å². The first-order valence-corrected chi connectivity index (χ1v) is 6.26. The predicted octanol–water partition coefficient (Wildman–Crippen LogP) is 3.87. The van der Waals surface area contributed by atoms with Crippen molar-refractivity contribution in [1.82, 2.24) is 0 Å². The molecule has 2 aromatic rings. The van der Waals surface area contributed by atoms with E-state index in [4.69, 9.17) is 4.74 Å². The Morgan fingerprint density at radius 1 is 1.33 bits per heavy atom. The lowest BCUT2D eigenvalue weighted by molar-refractivity contribution is 0.0776. The third-order valence-corrected chi connectivity index (χ3v) is 3.56. The number of benzene rings is 1. The Kier molecular flexibility index (Phi) is 3.39. The topological polar surface area (TPSA) is 9.23 Å². The van der Waals surface area contributed by atoms with Gasteiger partial charge in [-0.15, -0.1) is 11.3 Å². The smallest absolute Gasteiger partial charge is 0.0595 e. The van der Waals surface area contributed by atoms with E-state index in [1.165, 1.54) is 15.6 Å². The number of hydrogen-bond acceptors (Lipinski definition) is 2. The maximum Gasteiger partial charge on any atom is 0.0595 e. The molecule has 1 aromatic heterocycles. The summed E-state index contributed by atoms with van der Waals surface area (Å²) >= 11 is 1.84. The van der Waals surface area contributed by atoms with Crippen LogP contribution in [0.3, 0.4) is 0 Å². The van der Waals surface area contributed by atoms with Crippen molar-refractivity contribution in [1.29, 1.82) is 0 Å². The first-order chi connectivity index (χ1) is 7.31. The molecule has 1 aromatic carbocycles. The second kappa shape index (κ2) is 4.77. The highest BCUT2D eigenvalue weighted by molar-refractivity contribution is 7.11. The van der Waals surface area contributed by atoms with Crippen LogP contribution in [-0.4, -0.2) is 12.7 Å². The lowest BCUT2D eigenvalue weighted by Crippen LogP contribution is -2.10. The molecule has 2 heteroatoms. The van der Waals surface area contributed by atoms with Gasteiger partial charge in [-0.05, 0) is 30.0 Å². The summed E-state index contributed by atoms with van der Waals surface area (Å²) in [6.45, 7) is 4.98. The molecule has 0 aliphatic carbocycles. The summed E-state index contributed by atoms with van der Waals surface area (Å²) in [6, 6.07) is 8.55. The molecule has 0 N–H and O–H groups in total. The van der Waals surface area contributed by atoms with Crippen molar-refractivity contribution in [3.05, 3.63) is 34.5 Å². The van der Waals surface area contributed by atoms with E-state index >= 15 is 0 Å². The molecule has 2 rings (SSSR count). The molecule has 80 valence electrons. The lowest BCUT2D eigenvalue weighted by Gasteiger charge is -2.10. The van der Waals surface area contributed by atoms with Gasteiger partial charge in [0.15, 0.2) is 0 Å². The summed E-state index contributed by atoms with van der Waals surface area (Å²) < 4.78 is 5.57. The highest BCUT2D eigenvalue weighted by atomic mass is 32.1. The van der Waals surface area contributed by atoms with E-state index in [0.717, 1.165) is 13.0 Å². The number of thiophene rings is 1. The van der Waals surface area contributed by atoms with Gasteiger partial charge in [-0.3, -0.25) is 0 Å². The number of fused-ring (bicyclic) bond motifs is 1. The third-order valence-electron chi connectivity index (χ3n) is 2.51. The minimum absolute atomic E-state index is 0.317. The van der Waals surface area contributed by atoms with E-state index in [1.807, 2.05) is 18.3 Å². The zero-order chi connectivity index (χ0) is 10.7. The summed E-state index contributed by atoms with van der Waals surface area (Å²) in [7, 11) is 0. The average Bonchev–Trinajstić information content (AvgIpc) is 2.62. The van der Waals surface area contributed by atoms with Crippen LogP contribution < -0.4 is 0 Å². The van der Waals surface area contributed by atoms with Crippen LogP contribution in [0.2, 0.25) is 0 Å². The first-order valence-electron chi connectivity index (χ1n) is 5.38. The second-order valence-corrected chi connectivity index (χ2v) is 4.68. The molecule has 1 nitrogen and oxygen atoms in total. The van der Waals surface area contributed by atoms with Crippen molar-refractivity contribution in [2.75, 3.05) is 6.61 Å². The fraction of sp³-hybridized carbons (Fsp3) is 0.385. The minimum Gasteiger partial charge on any atom is -0.378 e. The summed E-state index contributed by atoms with van der Waals surface area (Å²) in [4.78, 5) is 1.44. The molecule has 0 radical (unpaired) electrons. The highest BCUT2D eigenvalue weighted by Crippen LogP contribution is 2.26. The van der Waals surface area contributed by atoms with Gasteiger partial charge in [0.1, 0.15) is 0 Å². The van der Waals surface area contributed by atoms with E-state index in [9.17, 15) is 0 Å². The van der Waals surface area contributed by atoms with Gasteiger partial charge in [-0.2, -0.15) is 0 Å². The monoisotopic (exact) mass is 220 g/mol. The van der Waals surface area contributed by atoms with Crippen LogP contribution in [0.25, 0.3) is 10.8 Å². The molecule has 0 bridgehead atoms. The van der Waals surface area contributed by atoms with Crippen molar-refractivity contribution >= 4 is 22.1 Å². The van der Waals surface area contributed by atoms with Gasteiger partial charge in [0.2, 0.25) is 0 Å². The lowest BCUT2D eigenvalue weighted by atomic mass is 10.1. The largest absolute Gasteiger partial charge is 0.378 e. The molecule has 1 unspecified atom stereocenters. The fourth-order valence-electron chi connectivity index (χ4n) is 1.81. The SMILES string of the molecule is CCOC(C)Cc1scc2ccccc12. The van der Waals surface area contributed by atoms with E-state index in [2.05, 4.69) is 36.6 Å².